The highest BCUT2D eigenvalue weighted by molar-refractivity contribution is 9.10. The van der Waals surface area contributed by atoms with E-state index in [0.717, 1.165) is 34.6 Å². The fourth-order valence-corrected chi connectivity index (χ4v) is 3.41. The van der Waals surface area contributed by atoms with Gasteiger partial charge in [-0.05, 0) is 59.8 Å². The quantitative estimate of drug-likeness (QED) is 0.931. The van der Waals surface area contributed by atoms with Crippen LogP contribution in [-0.2, 0) is 0 Å². The fourth-order valence-electron chi connectivity index (χ4n) is 2.98. The minimum absolute atomic E-state index is 0.724. The Balaban J connectivity index is 1.39. The Morgan fingerprint density at radius 1 is 1.35 bits per heavy atom. The summed E-state index contributed by atoms with van der Waals surface area (Å²) in [4.78, 5) is 7.16. The highest BCUT2D eigenvalue weighted by Gasteiger charge is 2.34. The smallest absolute Gasteiger partial charge is 0.243 e. The summed E-state index contributed by atoms with van der Waals surface area (Å²) in [5, 5.41) is 7.84. The van der Waals surface area contributed by atoms with Crippen molar-refractivity contribution in [2.24, 2.45) is 5.92 Å². The van der Waals surface area contributed by atoms with Gasteiger partial charge in [0.2, 0.25) is 5.95 Å². The van der Waals surface area contributed by atoms with Crippen LogP contribution in [0.2, 0.25) is 0 Å². The van der Waals surface area contributed by atoms with E-state index >= 15 is 0 Å². The molecule has 106 valence electrons. The van der Waals surface area contributed by atoms with Gasteiger partial charge in [-0.25, -0.2) is 4.52 Å². The SMILES string of the molecule is Brc1cccn2nc(NCC3CCN(C4CC4)C3)nc12. The maximum absolute atomic E-state index is 4.52. The largest absolute Gasteiger partial charge is 0.353 e. The van der Waals surface area contributed by atoms with Crippen molar-refractivity contribution >= 4 is 27.5 Å². The van der Waals surface area contributed by atoms with Crippen LogP contribution < -0.4 is 5.32 Å². The zero-order chi connectivity index (χ0) is 13.5. The highest BCUT2D eigenvalue weighted by atomic mass is 79.9. The molecule has 0 aromatic carbocycles. The molecule has 1 saturated carbocycles. The normalized spacial score (nSPS) is 23.6. The number of nitrogens with one attached hydrogen (secondary N) is 1. The summed E-state index contributed by atoms with van der Waals surface area (Å²) in [7, 11) is 0. The second-order valence-corrected chi connectivity index (χ2v) is 6.68. The number of aromatic nitrogens is 3. The van der Waals surface area contributed by atoms with Gasteiger partial charge in [-0.3, -0.25) is 0 Å². The number of halogens is 1. The van der Waals surface area contributed by atoms with Crippen LogP contribution in [0.5, 0.6) is 0 Å². The van der Waals surface area contributed by atoms with Gasteiger partial charge in [-0.1, -0.05) is 0 Å². The average Bonchev–Trinajstić information content (AvgIpc) is 3.03. The Morgan fingerprint density at radius 3 is 3.05 bits per heavy atom. The topological polar surface area (TPSA) is 45.5 Å². The van der Waals surface area contributed by atoms with Crippen LogP contribution in [0, 0.1) is 5.92 Å². The van der Waals surface area contributed by atoms with E-state index in [1.54, 1.807) is 4.52 Å². The van der Waals surface area contributed by atoms with Crippen molar-refractivity contribution in [3.63, 3.8) is 0 Å². The van der Waals surface area contributed by atoms with Crippen molar-refractivity contribution in [1.29, 1.82) is 0 Å². The number of anilines is 1. The molecule has 1 saturated heterocycles. The molecule has 0 bridgehead atoms. The van der Waals surface area contributed by atoms with Gasteiger partial charge in [0.1, 0.15) is 0 Å². The van der Waals surface area contributed by atoms with E-state index in [0.29, 0.717) is 0 Å². The molecule has 0 radical (unpaired) electrons. The van der Waals surface area contributed by atoms with Crippen molar-refractivity contribution < 1.29 is 0 Å². The number of hydrogen-bond donors (Lipinski definition) is 1. The van der Waals surface area contributed by atoms with Gasteiger partial charge in [-0.2, -0.15) is 4.98 Å². The van der Waals surface area contributed by atoms with E-state index < -0.39 is 0 Å². The van der Waals surface area contributed by atoms with Crippen LogP contribution in [0.25, 0.3) is 5.65 Å². The Hall–Kier alpha value is -1.14. The van der Waals surface area contributed by atoms with Gasteiger partial charge in [0.25, 0.3) is 0 Å². The molecule has 1 aliphatic heterocycles. The fraction of sp³-hybridized carbons (Fsp3) is 0.571. The molecule has 2 aliphatic rings. The number of hydrogen-bond acceptors (Lipinski definition) is 4. The number of fused-ring (bicyclic) bond motifs is 1. The van der Waals surface area contributed by atoms with E-state index in [1.807, 2.05) is 18.3 Å². The first kappa shape index (κ1) is 12.6. The van der Waals surface area contributed by atoms with Crippen LogP contribution >= 0.6 is 15.9 Å². The summed E-state index contributed by atoms with van der Waals surface area (Å²) < 4.78 is 2.78. The third-order valence-corrected chi connectivity index (χ3v) is 4.86. The van der Waals surface area contributed by atoms with Crippen LogP contribution in [0.3, 0.4) is 0 Å². The predicted molar refractivity (Wildman–Crippen MR) is 81.9 cm³/mol. The molecule has 3 heterocycles. The average molecular weight is 336 g/mol. The second kappa shape index (κ2) is 5.00. The summed E-state index contributed by atoms with van der Waals surface area (Å²) in [5.74, 6) is 1.45. The molecule has 5 nitrogen and oxygen atoms in total. The van der Waals surface area contributed by atoms with Crippen LogP contribution in [0.1, 0.15) is 19.3 Å². The molecule has 0 amide bonds. The maximum atomic E-state index is 4.52. The van der Waals surface area contributed by atoms with Crippen molar-refractivity contribution in [3.05, 3.63) is 22.8 Å². The van der Waals surface area contributed by atoms with Crippen molar-refractivity contribution in [1.82, 2.24) is 19.5 Å². The molecule has 0 spiro atoms. The van der Waals surface area contributed by atoms with Crippen molar-refractivity contribution in [2.75, 3.05) is 25.0 Å². The Morgan fingerprint density at radius 2 is 2.25 bits per heavy atom. The van der Waals surface area contributed by atoms with Crippen LogP contribution in [0.4, 0.5) is 5.95 Å². The monoisotopic (exact) mass is 335 g/mol. The lowest BCUT2D eigenvalue weighted by Gasteiger charge is -2.14. The van der Waals surface area contributed by atoms with Crippen LogP contribution in [0.15, 0.2) is 22.8 Å². The van der Waals surface area contributed by atoms with Gasteiger partial charge in [0, 0.05) is 25.3 Å². The number of pyridine rings is 1. The number of likely N-dealkylation sites (tertiary alicyclic amines) is 1. The predicted octanol–water partition coefficient (Wildman–Crippen LogP) is 2.39. The molecule has 2 fully saturated rings. The summed E-state index contributed by atoms with van der Waals surface area (Å²) >= 11 is 3.50. The first-order valence-electron chi connectivity index (χ1n) is 7.28. The molecule has 1 aliphatic carbocycles. The molecule has 6 heteroatoms. The Labute approximate surface area is 126 Å². The van der Waals surface area contributed by atoms with E-state index in [2.05, 4.69) is 36.2 Å². The zero-order valence-corrected chi connectivity index (χ0v) is 12.9. The second-order valence-electron chi connectivity index (χ2n) is 5.82. The molecule has 2 aromatic heterocycles. The molecular weight excluding hydrogens is 318 g/mol. The van der Waals surface area contributed by atoms with E-state index in [1.165, 1.54) is 32.4 Å². The lowest BCUT2D eigenvalue weighted by molar-refractivity contribution is 0.316. The first-order chi connectivity index (χ1) is 9.79. The minimum Gasteiger partial charge on any atom is -0.353 e. The van der Waals surface area contributed by atoms with Crippen LogP contribution in [-0.4, -0.2) is 45.2 Å². The molecule has 2 aromatic rings. The molecule has 20 heavy (non-hydrogen) atoms. The number of rotatable bonds is 4. The molecular formula is C14H18BrN5. The first-order valence-corrected chi connectivity index (χ1v) is 8.08. The standard InChI is InChI=1S/C14H18BrN5/c15-12-2-1-6-20-13(12)17-14(18-20)16-8-10-5-7-19(9-10)11-3-4-11/h1-2,6,10-11H,3-5,7-9H2,(H,16,18). The van der Waals surface area contributed by atoms with Gasteiger partial charge in [-0.15, -0.1) is 5.10 Å². The number of nitrogens with zero attached hydrogens (tertiary/aromatic N) is 4. The lowest BCUT2D eigenvalue weighted by Crippen LogP contribution is -2.25. The molecule has 1 unspecified atom stereocenters. The van der Waals surface area contributed by atoms with Gasteiger partial charge < -0.3 is 10.2 Å². The third kappa shape index (κ3) is 2.42. The van der Waals surface area contributed by atoms with E-state index in [-0.39, 0.29) is 0 Å². The zero-order valence-electron chi connectivity index (χ0n) is 11.3. The summed E-state index contributed by atoms with van der Waals surface area (Å²) in [5.41, 5.74) is 0.862. The van der Waals surface area contributed by atoms with Gasteiger partial charge >= 0.3 is 0 Å². The molecule has 1 atom stereocenters. The van der Waals surface area contributed by atoms with E-state index in [9.17, 15) is 0 Å². The highest BCUT2D eigenvalue weighted by Crippen LogP contribution is 2.31. The maximum Gasteiger partial charge on any atom is 0.243 e. The molecule has 1 N–H and O–H groups in total. The third-order valence-electron chi connectivity index (χ3n) is 4.24. The van der Waals surface area contributed by atoms with Gasteiger partial charge in [0.15, 0.2) is 5.65 Å². The minimum atomic E-state index is 0.724. The summed E-state index contributed by atoms with van der Waals surface area (Å²) in [6, 6.07) is 4.84. The van der Waals surface area contributed by atoms with Crippen molar-refractivity contribution in [2.45, 2.75) is 25.3 Å². The Kier molecular flexibility index (Phi) is 3.15. The molecule has 4 rings (SSSR count). The summed E-state index contributed by atoms with van der Waals surface area (Å²) in [6.45, 7) is 3.47. The lowest BCUT2D eigenvalue weighted by atomic mass is 10.1. The van der Waals surface area contributed by atoms with E-state index in [4.69, 9.17) is 0 Å². The summed E-state index contributed by atoms with van der Waals surface area (Å²) in [6.07, 6.45) is 6.02. The van der Waals surface area contributed by atoms with Crippen molar-refractivity contribution in [3.8, 4) is 0 Å². The Bertz CT molecular complexity index is 621. The van der Waals surface area contributed by atoms with Gasteiger partial charge in [0.05, 0.1) is 4.47 Å².